The Kier molecular flexibility index (Phi) is 7.71. The zero-order chi connectivity index (χ0) is 14.4. The first-order valence-corrected chi connectivity index (χ1v) is 7.90. The average molecular weight is 332 g/mol. The van der Waals surface area contributed by atoms with Crippen molar-refractivity contribution < 1.29 is 9.59 Å². The van der Waals surface area contributed by atoms with E-state index in [0.717, 1.165) is 30.9 Å². The van der Waals surface area contributed by atoms with E-state index in [1.807, 2.05) is 22.4 Å². The molecule has 2 heterocycles. The number of amides is 2. The molecule has 1 aromatic rings. The van der Waals surface area contributed by atoms with E-state index >= 15 is 0 Å². The van der Waals surface area contributed by atoms with Gasteiger partial charge >= 0.3 is 0 Å². The number of thiophene rings is 1. The summed E-state index contributed by atoms with van der Waals surface area (Å²) in [6.07, 6.45) is 1.16. The Hall–Kier alpha value is -1.11. The largest absolute Gasteiger partial charge is 0.351 e. The molecule has 2 N–H and O–H groups in total. The molecule has 1 fully saturated rings. The van der Waals surface area contributed by atoms with Crippen LogP contribution >= 0.6 is 23.7 Å². The van der Waals surface area contributed by atoms with Crippen LogP contribution in [0.4, 0.5) is 0 Å². The molecule has 0 bridgehead atoms. The van der Waals surface area contributed by atoms with Gasteiger partial charge in [-0.25, -0.2) is 0 Å². The Morgan fingerprint density at radius 2 is 2.38 bits per heavy atom. The molecular formula is C14H22ClN3O2S. The number of nitrogens with zero attached hydrogens (tertiary/aromatic N) is 1. The van der Waals surface area contributed by atoms with E-state index < -0.39 is 0 Å². The van der Waals surface area contributed by atoms with Crippen molar-refractivity contribution in [1.82, 2.24) is 15.5 Å². The second-order valence-electron chi connectivity index (χ2n) is 4.89. The summed E-state index contributed by atoms with van der Waals surface area (Å²) >= 11 is 1.61. The third kappa shape index (κ3) is 5.30. The molecule has 21 heavy (non-hydrogen) atoms. The zero-order valence-corrected chi connectivity index (χ0v) is 13.8. The number of carbonyl (C=O) groups excluding carboxylic acids is 2. The summed E-state index contributed by atoms with van der Waals surface area (Å²) in [4.78, 5) is 27.0. The van der Waals surface area contributed by atoms with Gasteiger partial charge in [-0.15, -0.1) is 23.7 Å². The summed E-state index contributed by atoms with van der Waals surface area (Å²) in [6, 6.07) is 3.57. The van der Waals surface area contributed by atoms with Gasteiger partial charge in [0.2, 0.25) is 11.8 Å². The minimum Gasteiger partial charge on any atom is -0.351 e. The van der Waals surface area contributed by atoms with Gasteiger partial charge in [0.05, 0.1) is 19.0 Å². The maximum atomic E-state index is 12.2. The standard InChI is InChI=1S/C14H21N3O2S.ClH/c1-2-6-17-7-5-15-12(14(17)19)9-13(18)16-10-11-4-3-8-20-11;/h3-4,8,12,15H,2,5-7,9-10H2,1H3,(H,16,18);1H. The van der Waals surface area contributed by atoms with Gasteiger partial charge in [0.1, 0.15) is 0 Å². The predicted molar refractivity (Wildman–Crippen MR) is 86.7 cm³/mol. The number of hydrogen-bond donors (Lipinski definition) is 2. The molecule has 2 amide bonds. The highest BCUT2D eigenvalue weighted by Crippen LogP contribution is 2.09. The number of carbonyl (C=O) groups is 2. The lowest BCUT2D eigenvalue weighted by Gasteiger charge is -2.32. The second-order valence-corrected chi connectivity index (χ2v) is 5.92. The molecule has 1 aliphatic rings. The topological polar surface area (TPSA) is 61.4 Å². The maximum Gasteiger partial charge on any atom is 0.240 e. The van der Waals surface area contributed by atoms with Crippen LogP contribution < -0.4 is 10.6 Å². The fourth-order valence-corrected chi connectivity index (χ4v) is 2.94. The van der Waals surface area contributed by atoms with Crippen LogP contribution in [0, 0.1) is 0 Å². The van der Waals surface area contributed by atoms with Gasteiger partial charge in [0.15, 0.2) is 0 Å². The highest BCUT2D eigenvalue weighted by molar-refractivity contribution is 7.09. The van der Waals surface area contributed by atoms with Crippen LogP contribution in [-0.2, 0) is 16.1 Å². The molecule has 118 valence electrons. The Balaban J connectivity index is 0.00000220. The molecular weight excluding hydrogens is 310 g/mol. The summed E-state index contributed by atoms with van der Waals surface area (Å²) in [7, 11) is 0. The van der Waals surface area contributed by atoms with E-state index in [2.05, 4.69) is 17.6 Å². The van der Waals surface area contributed by atoms with Gasteiger partial charge in [0, 0.05) is 24.5 Å². The van der Waals surface area contributed by atoms with Crippen molar-refractivity contribution in [2.24, 2.45) is 0 Å². The van der Waals surface area contributed by atoms with Crippen LogP contribution in [-0.4, -0.2) is 42.4 Å². The number of rotatable bonds is 6. The van der Waals surface area contributed by atoms with E-state index in [0.29, 0.717) is 6.54 Å². The minimum absolute atomic E-state index is 0. The number of hydrogen-bond acceptors (Lipinski definition) is 4. The van der Waals surface area contributed by atoms with Crippen molar-refractivity contribution in [3.05, 3.63) is 22.4 Å². The second kappa shape index (κ2) is 9.02. The summed E-state index contributed by atoms with van der Waals surface area (Å²) in [5, 5.41) is 7.97. The Labute approximate surface area is 135 Å². The lowest BCUT2D eigenvalue weighted by molar-refractivity contribution is -0.138. The Bertz CT molecular complexity index is 451. The van der Waals surface area contributed by atoms with Gasteiger partial charge < -0.3 is 15.5 Å². The molecule has 1 aromatic heterocycles. The molecule has 1 saturated heterocycles. The fraction of sp³-hybridized carbons (Fsp3) is 0.571. The molecule has 1 unspecified atom stereocenters. The number of halogens is 1. The lowest BCUT2D eigenvalue weighted by atomic mass is 10.1. The van der Waals surface area contributed by atoms with E-state index in [1.54, 1.807) is 11.3 Å². The zero-order valence-electron chi connectivity index (χ0n) is 12.1. The van der Waals surface area contributed by atoms with Crippen LogP contribution in [0.2, 0.25) is 0 Å². The number of nitrogens with one attached hydrogen (secondary N) is 2. The molecule has 0 aliphatic carbocycles. The Morgan fingerprint density at radius 3 is 3.05 bits per heavy atom. The summed E-state index contributed by atoms with van der Waals surface area (Å²) in [6.45, 7) is 4.86. The van der Waals surface area contributed by atoms with E-state index in [9.17, 15) is 9.59 Å². The summed E-state index contributed by atoms with van der Waals surface area (Å²) in [5.74, 6) is -0.0352. The Morgan fingerprint density at radius 1 is 1.57 bits per heavy atom. The highest BCUT2D eigenvalue weighted by atomic mass is 35.5. The van der Waals surface area contributed by atoms with E-state index in [4.69, 9.17) is 0 Å². The van der Waals surface area contributed by atoms with E-state index in [1.165, 1.54) is 0 Å². The molecule has 2 rings (SSSR count). The first-order valence-electron chi connectivity index (χ1n) is 7.02. The minimum atomic E-state index is -0.376. The molecule has 0 radical (unpaired) electrons. The van der Waals surface area contributed by atoms with Crippen molar-refractivity contribution in [3.8, 4) is 0 Å². The van der Waals surface area contributed by atoms with Crippen molar-refractivity contribution in [2.45, 2.75) is 32.4 Å². The van der Waals surface area contributed by atoms with Crippen LogP contribution in [0.15, 0.2) is 17.5 Å². The third-order valence-electron chi connectivity index (χ3n) is 3.31. The first-order chi connectivity index (χ1) is 9.70. The maximum absolute atomic E-state index is 12.2. The smallest absolute Gasteiger partial charge is 0.240 e. The molecule has 0 spiro atoms. The number of piperazine rings is 1. The van der Waals surface area contributed by atoms with Gasteiger partial charge in [-0.3, -0.25) is 9.59 Å². The average Bonchev–Trinajstić information content (AvgIpc) is 2.94. The SMILES string of the molecule is CCCN1CCNC(CC(=O)NCc2cccs2)C1=O.Cl. The van der Waals surface area contributed by atoms with Gasteiger partial charge in [-0.1, -0.05) is 13.0 Å². The molecule has 5 nitrogen and oxygen atoms in total. The van der Waals surface area contributed by atoms with Crippen molar-refractivity contribution >= 4 is 35.6 Å². The van der Waals surface area contributed by atoms with E-state index in [-0.39, 0.29) is 36.7 Å². The molecule has 1 atom stereocenters. The van der Waals surface area contributed by atoms with Crippen molar-refractivity contribution in [1.29, 1.82) is 0 Å². The molecule has 7 heteroatoms. The molecule has 0 saturated carbocycles. The monoisotopic (exact) mass is 331 g/mol. The van der Waals surface area contributed by atoms with Crippen molar-refractivity contribution in [2.75, 3.05) is 19.6 Å². The van der Waals surface area contributed by atoms with Crippen molar-refractivity contribution in [3.63, 3.8) is 0 Å². The van der Waals surface area contributed by atoms with Gasteiger partial charge in [-0.2, -0.15) is 0 Å². The van der Waals surface area contributed by atoms with Gasteiger partial charge in [0.25, 0.3) is 0 Å². The summed E-state index contributed by atoms with van der Waals surface area (Å²) < 4.78 is 0. The van der Waals surface area contributed by atoms with Crippen LogP contribution in [0.5, 0.6) is 0 Å². The highest BCUT2D eigenvalue weighted by Gasteiger charge is 2.29. The fourth-order valence-electron chi connectivity index (χ4n) is 2.30. The van der Waals surface area contributed by atoms with Gasteiger partial charge in [-0.05, 0) is 17.9 Å². The first kappa shape index (κ1) is 17.9. The third-order valence-corrected chi connectivity index (χ3v) is 4.18. The molecule has 1 aliphatic heterocycles. The quantitative estimate of drug-likeness (QED) is 0.828. The van der Waals surface area contributed by atoms with Crippen LogP contribution in [0.1, 0.15) is 24.6 Å². The lowest BCUT2D eigenvalue weighted by Crippen LogP contribution is -2.56. The summed E-state index contributed by atoms with van der Waals surface area (Å²) in [5.41, 5.74) is 0. The van der Waals surface area contributed by atoms with Crippen LogP contribution in [0.3, 0.4) is 0 Å². The normalized spacial score (nSPS) is 18.2. The molecule has 0 aromatic carbocycles. The van der Waals surface area contributed by atoms with Crippen LogP contribution in [0.25, 0.3) is 0 Å². The predicted octanol–water partition coefficient (Wildman–Crippen LogP) is 1.39.